The first-order valence-corrected chi connectivity index (χ1v) is 11.9. The quantitative estimate of drug-likeness (QED) is 0.533. The van der Waals surface area contributed by atoms with E-state index in [4.69, 9.17) is 11.6 Å². The molecule has 30 heavy (non-hydrogen) atoms. The SMILES string of the molecule is O=C(CSc1nnc(NCc2ccccc2)s1)N1CCN(c2cccc(Cl)c2)CC1. The molecule has 1 aromatic heterocycles. The van der Waals surface area contributed by atoms with Crippen LogP contribution in [0, 0.1) is 0 Å². The van der Waals surface area contributed by atoms with Crippen molar-refractivity contribution in [2.75, 3.05) is 42.1 Å². The summed E-state index contributed by atoms with van der Waals surface area (Å²) in [5.74, 6) is 0.518. The molecule has 1 fully saturated rings. The van der Waals surface area contributed by atoms with E-state index in [9.17, 15) is 4.79 Å². The van der Waals surface area contributed by atoms with E-state index >= 15 is 0 Å². The Labute approximate surface area is 189 Å². The second-order valence-corrected chi connectivity index (χ2v) is 9.49. The third-order valence-corrected chi connectivity index (χ3v) is 7.05. The number of nitrogens with one attached hydrogen (secondary N) is 1. The average Bonchev–Trinajstić information content (AvgIpc) is 3.25. The second kappa shape index (κ2) is 10.1. The van der Waals surface area contributed by atoms with Crippen LogP contribution in [0.1, 0.15) is 5.56 Å². The minimum absolute atomic E-state index is 0.139. The van der Waals surface area contributed by atoms with Crippen molar-refractivity contribution in [3.05, 3.63) is 65.2 Å². The number of amides is 1. The molecule has 4 rings (SSSR count). The highest BCUT2D eigenvalue weighted by atomic mass is 35.5. The standard InChI is InChI=1S/C21H22ClN5OS2/c22-17-7-4-8-18(13-17)26-9-11-27(12-10-26)19(28)15-29-21-25-24-20(30-21)23-14-16-5-2-1-3-6-16/h1-8,13H,9-12,14-15H2,(H,23,24). The lowest BCUT2D eigenvalue weighted by atomic mass is 10.2. The highest BCUT2D eigenvalue weighted by Gasteiger charge is 2.22. The number of halogens is 1. The Morgan fingerprint density at radius 1 is 1.07 bits per heavy atom. The van der Waals surface area contributed by atoms with Gasteiger partial charge in [-0.3, -0.25) is 4.79 Å². The van der Waals surface area contributed by atoms with Gasteiger partial charge in [0.15, 0.2) is 4.34 Å². The third kappa shape index (κ3) is 5.65. The van der Waals surface area contributed by atoms with Gasteiger partial charge < -0.3 is 15.1 Å². The van der Waals surface area contributed by atoms with Crippen LogP contribution in [0.25, 0.3) is 0 Å². The molecule has 0 bridgehead atoms. The van der Waals surface area contributed by atoms with Crippen molar-refractivity contribution in [2.24, 2.45) is 0 Å². The summed E-state index contributed by atoms with van der Waals surface area (Å²) in [6.07, 6.45) is 0. The highest BCUT2D eigenvalue weighted by molar-refractivity contribution is 8.01. The zero-order chi connectivity index (χ0) is 20.8. The fourth-order valence-corrected chi connectivity index (χ4v) is 5.05. The van der Waals surface area contributed by atoms with Crippen molar-refractivity contribution >= 4 is 51.4 Å². The average molecular weight is 460 g/mol. The van der Waals surface area contributed by atoms with E-state index in [-0.39, 0.29) is 5.91 Å². The smallest absolute Gasteiger partial charge is 0.233 e. The number of anilines is 2. The molecule has 6 nitrogen and oxygen atoms in total. The Bertz CT molecular complexity index is 976. The third-order valence-electron chi connectivity index (χ3n) is 4.82. The van der Waals surface area contributed by atoms with Crippen LogP contribution in [0.2, 0.25) is 5.02 Å². The summed E-state index contributed by atoms with van der Waals surface area (Å²) in [7, 11) is 0. The van der Waals surface area contributed by atoms with Crippen LogP contribution >= 0.6 is 34.7 Å². The van der Waals surface area contributed by atoms with Gasteiger partial charge in [0.05, 0.1) is 5.75 Å². The summed E-state index contributed by atoms with van der Waals surface area (Å²) >= 11 is 9.01. The molecule has 0 saturated carbocycles. The summed E-state index contributed by atoms with van der Waals surface area (Å²) < 4.78 is 0.802. The van der Waals surface area contributed by atoms with Crippen molar-refractivity contribution < 1.29 is 4.79 Å². The number of rotatable bonds is 7. The Hall–Kier alpha value is -2.29. The molecule has 9 heteroatoms. The number of hydrogen-bond donors (Lipinski definition) is 1. The van der Waals surface area contributed by atoms with Gasteiger partial charge in [0.2, 0.25) is 11.0 Å². The first kappa shape index (κ1) is 21.0. The van der Waals surface area contributed by atoms with Gasteiger partial charge in [-0.05, 0) is 23.8 Å². The van der Waals surface area contributed by atoms with Gasteiger partial charge in [0.25, 0.3) is 0 Å². The molecular formula is C21H22ClN5OS2. The van der Waals surface area contributed by atoms with E-state index in [2.05, 4.69) is 38.6 Å². The zero-order valence-corrected chi connectivity index (χ0v) is 18.7. The Morgan fingerprint density at radius 3 is 2.63 bits per heavy atom. The number of nitrogens with zero attached hydrogens (tertiary/aromatic N) is 4. The molecule has 0 unspecified atom stereocenters. The molecule has 1 aliphatic rings. The van der Waals surface area contributed by atoms with Crippen LogP contribution in [0.5, 0.6) is 0 Å². The maximum atomic E-state index is 12.6. The lowest BCUT2D eigenvalue weighted by molar-refractivity contribution is -0.128. The van der Waals surface area contributed by atoms with Crippen LogP contribution in [0.15, 0.2) is 58.9 Å². The Morgan fingerprint density at radius 2 is 1.87 bits per heavy atom. The van der Waals surface area contributed by atoms with Gasteiger partial charge in [-0.1, -0.05) is 71.1 Å². The normalized spacial score (nSPS) is 14.0. The molecule has 2 heterocycles. The summed E-state index contributed by atoms with van der Waals surface area (Å²) in [6, 6.07) is 18.0. The fourth-order valence-electron chi connectivity index (χ4n) is 3.21. The van der Waals surface area contributed by atoms with E-state index in [0.717, 1.165) is 33.3 Å². The van der Waals surface area contributed by atoms with Gasteiger partial charge in [0.1, 0.15) is 0 Å². The van der Waals surface area contributed by atoms with Crippen molar-refractivity contribution in [1.29, 1.82) is 0 Å². The molecule has 0 spiro atoms. The maximum Gasteiger partial charge on any atom is 0.233 e. The minimum atomic E-state index is 0.139. The van der Waals surface area contributed by atoms with Gasteiger partial charge >= 0.3 is 0 Å². The zero-order valence-electron chi connectivity index (χ0n) is 16.3. The van der Waals surface area contributed by atoms with Crippen LogP contribution < -0.4 is 10.2 Å². The van der Waals surface area contributed by atoms with Crippen molar-refractivity contribution in [1.82, 2.24) is 15.1 Å². The largest absolute Gasteiger partial charge is 0.368 e. The number of piperazine rings is 1. The fraction of sp³-hybridized carbons (Fsp3) is 0.286. The van der Waals surface area contributed by atoms with E-state index in [1.165, 1.54) is 28.7 Å². The molecule has 1 amide bonds. The molecular weight excluding hydrogens is 438 g/mol. The summed E-state index contributed by atoms with van der Waals surface area (Å²) in [4.78, 5) is 16.8. The number of carbonyl (C=O) groups is 1. The second-order valence-electron chi connectivity index (χ2n) is 6.85. The van der Waals surface area contributed by atoms with E-state index in [1.807, 2.05) is 41.3 Å². The molecule has 0 atom stereocenters. The van der Waals surface area contributed by atoms with Crippen molar-refractivity contribution in [2.45, 2.75) is 10.9 Å². The lowest BCUT2D eigenvalue weighted by Crippen LogP contribution is -2.49. The number of thioether (sulfide) groups is 1. The predicted octanol–water partition coefficient (Wildman–Crippen LogP) is 4.24. The molecule has 1 N–H and O–H groups in total. The number of benzene rings is 2. The van der Waals surface area contributed by atoms with Gasteiger partial charge in [-0.15, -0.1) is 10.2 Å². The van der Waals surface area contributed by atoms with Crippen molar-refractivity contribution in [3.63, 3.8) is 0 Å². The van der Waals surface area contributed by atoms with Gasteiger partial charge in [-0.2, -0.15) is 0 Å². The highest BCUT2D eigenvalue weighted by Crippen LogP contribution is 2.26. The maximum absolute atomic E-state index is 12.6. The van der Waals surface area contributed by atoms with Gasteiger partial charge in [-0.25, -0.2) is 0 Å². The summed E-state index contributed by atoms with van der Waals surface area (Å²) in [5.41, 5.74) is 2.29. The van der Waals surface area contributed by atoms with E-state index in [0.29, 0.717) is 25.4 Å². The monoisotopic (exact) mass is 459 g/mol. The topological polar surface area (TPSA) is 61.4 Å². The molecule has 1 aliphatic heterocycles. The number of hydrogen-bond acceptors (Lipinski definition) is 7. The molecule has 1 saturated heterocycles. The Balaban J connectivity index is 1.21. The molecule has 3 aromatic rings. The lowest BCUT2D eigenvalue weighted by Gasteiger charge is -2.36. The van der Waals surface area contributed by atoms with Crippen LogP contribution in [-0.4, -0.2) is 52.9 Å². The molecule has 2 aromatic carbocycles. The van der Waals surface area contributed by atoms with Crippen LogP contribution in [0.4, 0.5) is 10.8 Å². The van der Waals surface area contributed by atoms with Gasteiger partial charge in [0, 0.05) is 43.4 Å². The minimum Gasteiger partial charge on any atom is -0.368 e. The summed E-state index contributed by atoms with van der Waals surface area (Å²) in [5, 5.41) is 13.1. The van der Waals surface area contributed by atoms with Crippen molar-refractivity contribution in [3.8, 4) is 0 Å². The van der Waals surface area contributed by atoms with Crippen LogP contribution in [0.3, 0.4) is 0 Å². The molecule has 0 aliphatic carbocycles. The Kier molecular flexibility index (Phi) is 7.09. The first-order chi connectivity index (χ1) is 14.7. The molecule has 0 radical (unpaired) electrons. The number of aromatic nitrogens is 2. The summed E-state index contributed by atoms with van der Waals surface area (Å²) in [6.45, 7) is 3.75. The van der Waals surface area contributed by atoms with E-state index < -0.39 is 0 Å². The predicted molar refractivity (Wildman–Crippen MR) is 125 cm³/mol. The van der Waals surface area contributed by atoms with E-state index in [1.54, 1.807) is 0 Å². The van der Waals surface area contributed by atoms with Crippen LogP contribution in [-0.2, 0) is 11.3 Å². The molecule has 156 valence electrons. The number of carbonyl (C=O) groups excluding carboxylic acids is 1. The first-order valence-electron chi connectivity index (χ1n) is 9.70.